The van der Waals surface area contributed by atoms with Gasteiger partial charge < -0.3 is 15.1 Å². The third kappa shape index (κ3) is 5.70. The van der Waals surface area contributed by atoms with Crippen LogP contribution in [0.4, 0.5) is 14.9 Å². The first-order valence-corrected chi connectivity index (χ1v) is 9.77. The molecule has 0 aromatic heterocycles. The van der Waals surface area contributed by atoms with E-state index in [0.29, 0.717) is 13.1 Å². The Balaban J connectivity index is 1.46. The number of halogens is 1. The molecule has 1 saturated heterocycles. The lowest BCUT2D eigenvalue weighted by Gasteiger charge is -2.22. The molecule has 5 nitrogen and oxygen atoms in total. The van der Waals surface area contributed by atoms with Gasteiger partial charge in [0, 0.05) is 59.1 Å². The molecule has 1 heterocycles. The molecule has 28 heavy (non-hydrogen) atoms. The lowest BCUT2D eigenvalue weighted by atomic mass is 10.2. The summed E-state index contributed by atoms with van der Waals surface area (Å²) < 4.78 is 13.1. The number of amides is 2. The molecule has 1 fully saturated rings. The van der Waals surface area contributed by atoms with Crippen LogP contribution in [0.25, 0.3) is 0 Å². The van der Waals surface area contributed by atoms with Crippen LogP contribution in [-0.4, -0.2) is 56.1 Å². The lowest BCUT2D eigenvalue weighted by Crippen LogP contribution is -2.41. The summed E-state index contributed by atoms with van der Waals surface area (Å²) in [5.74, 6) is -0.209. The van der Waals surface area contributed by atoms with Crippen molar-refractivity contribution in [3.8, 4) is 0 Å². The fraction of sp³-hybridized carbons (Fsp3) is 0.409. The first-order chi connectivity index (χ1) is 13.5. The zero-order valence-electron chi connectivity index (χ0n) is 16.7. The lowest BCUT2D eigenvalue weighted by molar-refractivity contribution is 0.197. The summed E-state index contributed by atoms with van der Waals surface area (Å²) in [4.78, 5) is 18.8. The minimum atomic E-state index is -0.209. The van der Waals surface area contributed by atoms with E-state index in [2.05, 4.69) is 27.2 Å². The Morgan fingerprint density at radius 1 is 0.964 bits per heavy atom. The molecule has 0 aliphatic carbocycles. The number of benzene rings is 2. The Morgan fingerprint density at radius 3 is 2.32 bits per heavy atom. The number of carbonyl (C=O) groups excluding carboxylic acids is 1. The Labute approximate surface area is 166 Å². The van der Waals surface area contributed by atoms with E-state index in [4.69, 9.17) is 0 Å². The van der Waals surface area contributed by atoms with Gasteiger partial charge in [-0.1, -0.05) is 24.3 Å². The van der Waals surface area contributed by atoms with Gasteiger partial charge in [-0.2, -0.15) is 0 Å². The zero-order chi connectivity index (χ0) is 19.9. The maximum absolute atomic E-state index is 13.1. The second-order valence-electron chi connectivity index (χ2n) is 7.46. The maximum atomic E-state index is 13.1. The van der Waals surface area contributed by atoms with Crippen molar-refractivity contribution in [1.82, 2.24) is 15.1 Å². The second kappa shape index (κ2) is 9.55. The van der Waals surface area contributed by atoms with Crippen LogP contribution in [0, 0.1) is 5.82 Å². The van der Waals surface area contributed by atoms with Gasteiger partial charge in [-0.05, 0) is 41.8 Å². The van der Waals surface area contributed by atoms with E-state index in [1.54, 1.807) is 0 Å². The van der Waals surface area contributed by atoms with Crippen molar-refractivity contribution in [2.75, 3.05) is 45.2 Å². The monoisotopic (exact) mass is 384 g/mol. The van der Waals surface area contributed by atoms with Gasteiger partial charge in [-0.3, -0.25) is 4.90 Å². The molecule has 150 valence electrons. The first kappa shape index (κ1) is 20.1. The minimum Gasteiger partial charge on any atom is -0.378 e. The zero-order valence-corrected chi connectivity index (χ0v) is 16.7. The van der Waals surface area contributed by atoms with Crippen LogP contribution in [-0.2, 0) is 13.1 Å². The summed E-state index contributed by atoms with van der Waals surface area (Å²) in [6, 6.07) is 14.8. The number of carbonyl (C=O) groups is 1. The highest BCUT2D eigenvalue weighted by Crippen LogP contribution is 2.13. The predicted octanol–water partition coefficient (Wildman–Crippen LogP) is 3.31. The van der Waals surface area contributed by atoms with Gasteiger partial charge in [0.1, 0.15) is 5.82 Å². The fourth-order valence-corrected chi connectivity index (χ4v) is 3.38. The molecule has 0 unspecified atom stereocenters. The SMILES string of the molecule is CN(C)c1ccc(CNC(=O)N2CCCN(Cc3ccc(F)cc3)CC2)cc1. The molecule has 2 amide bonds. The molecule has 1 aliphatic heterocycles. The van der Waals surface area contributed by atoms with Crippen molar-refractivity contribution in [2.24, 2.45) is 0 Å². The Hall–Kier alpha value is -2.60. The fourth-order valence-electron chi connectivity index (χ4n) is 3.38. The third-order valence-corrected chi connectivity index (χ3v) is 5.09. The number of nitrogens with one attached hydrogen (secondary N) is 1. The van der Waals surface area contributed by atoms with E-state index < -0.39 is 0 Å². The van der Waals surface area contributed by atoms with Gasteiger partial charge in [0.15, 0.2) is 0 Å². The minimum absolute atomic E-state index is 0.0136. The number of anilines is 1. The van der Waals surface area contributed by atoms with Gasteiger partial charge in [0.25, 0.3) is 0 Å². The van der Waals surface area contributed by atoms with Gasteiger partial charge in [-0.15, -0.1) is 0 Å². The molecular weight excluding hydrogens is 355 g/mol. The normalized spacial score (nSPS) is 15.2. The van der Waals surface area contributed by atoms with Crippen LogP contribution in [0.2, 0.25) is 0 Å². The summed E-state index contributed by atoms with van der Waals surface area (Å²) >= 11 is 0. The molecule has 6 heteroatoms. The van der Waals surface area contributed by atoms with Crippen molar-refractivity contribution in [2.45, 2.75) is 19.5 Å². The number of nitrogens with zero attached hydrogens (tertiary/aromatic N) is 3. The van der Waals surface area contributed by atoms with Crippen molar-refractivity contribution in [1.29, 1.82) is 0 Å². The van der Waals surface area contributed by atoms with E-state index in [9.17, 15) is 9.18 Å². The van der Waals surface area contributed by atoms with Gasteiger partial charge in [0.05, 0.1) is 0 Å². The number of urea groups is 1. The summed E-state index contributed by atoms with van der Waals surface area (Å²) in [5, 5.41) is 3.03. The van der Waals surface area contributed by atoms with E-state index >= 15 is 0 Å². The van der Waals surface area contributed by atoms with Gasteiger partial charge in [0.2, 0.25) is 0 Å². The summed E-state index contributed by atoms with van der Waals surface area (Å²) in [6.07, 6.45) is 0.937. The number of hydrogen-bond acceptors (Lipinski definition) is 3. The van der Waals surface area contributed by atoms with E-state index in [1.807, 2.05) is 43.3 Å². The average Bonchev–Trinajstić information content (AvgIpc) is 2.94. The number of hydrogen-bond donors (Lipinski definition) is 1. The van der Waals surface area contributed by atoms with Crippen LogP contribution < -0.4 is 10.2 Å². The summed E-state index contributed by atoms with van der Waals surface area (Å²) in [7, 11) is 4.02. The van der Waals surface area contributed by atoms with E-state index in [-0.39, 0.29) is 11.8 Å². The largest absolute Gasteiger partial charge is 0.378 e. The maximum Gasteiger partial charge on any atom is 0.317 e. The van der Waals surface area contributed by atoms with E-state index in [1.165, 1.54) is 12.1 Å². The summed E-state index contributed by atoms with van der Waals surface area (Å²) in [6.45, 7) is 4.53. The first-order valence-electron chi connectivity index (χ1n) is 9.77. The predicted molar refractivity (Wildman–Crippen MR) is 111 cm³/mol. The molecule has 0 bridgehead atoms. The van der Waals surface area contributed by atoms with Crippen molar-refractivity contribution in [3.05, 3.63) is 65.5 Å². The highest BCUT2D eigenvalue weighted by Gasteiger charge is 2.19. The Kier molecular flexibility index (Phi) is 6.87. The quantitative estimate of drug-likeness (QED) is 0.860. The highest BCUT2D eigenvalue weighted by atomic mass is 19.1. The smallest absolute Gasteiger partial charge is 0.317 e. The van der Waals surface area contributed by atoms with Gasteiger partial charge >= 0.3 is 6.03 Å². The second-order valence-corrected chi connectivity index (χ2v) is 7.46. The standard InChI is InChI=1S/C22H29FN4O/c1-25(2)21-10-6-18(7-11-21)16-24-22(28)27-13-3-12-26(14-15-27)17-19-4-8-20(23)9-5-19/h4-11H,3,12-17H2,1-2H3,(H,24,28). The van der Waals surface area contributed by atoms with Gasteiger partial charge in [-0.25, -0.2) is 9.18 Å². The van der Waals surface area contributed by atoms with Crippen molar-refractivity contribution >= 4 is 11.7 Å². The topological polar surface area (TPSA) is 38.8 Å². The molecule has 3 rings (SSSR count). The molecule has 0 atom stereocenters. The van der Waals surface area contributed by atoms with Crippen LogP contribution in [0.3, 0.4) is 0 Å². The Bertz CT molecular complexity index is 761. The Morgan fingerprint density at radius 2 is 1.64 bits per heavy atom. The van der Waals surface area contributed by atoms with Crippen LogP contribution in [0.5, 0.6) is 0 Å². The van der Waals surface area contributed by atoms with Crippen molar-refractivity contribution < 1.29 is 9.18 Å². The van der Waals surface area contributed by atoms with Crippen LogP contribution in [0.1, 0.15) is 17.5 Å². The molecule has 1 aliphatic rings. The molecule has 0 radical (unpaired) electrons. The molecule has 2 aromatic rings. The number of rotatable bonds is 5. The molecule has 0 spiro atoms. The van der Waals surface area contributed by atoms with Crippen molar-refractivity contribution in [3.63, 3.8) is 0 Å². The summed E-state index contributed by atoms with van der Waals surface area (Å²) in [5.41, 5.74) is 3.33. The highest BCUT2D eigenvalue weighted by molar-refractivity contribution is 5.74. The van der Waals surface area contributed by atoms with E-state index in [0.717, 1.165) is 49.4 Å². The molecule has 1 N–H and O–H groups in total. The molecular formula is C22H29FN4O. The third-order valence-electron chi connectivity index (χ3n) is 5.09. The van der Waals surface area contributed by atoms with Crippen LogP contribution in [0.15, 0.2) is 48.5 Å². The molecule has 2 aromatic carbocycles. The average molecular weight is 384 g/mol. The van der Waals surface area contributed by atoms with Crippen LogP contribution >= 0.6 is 0 Å². The molecule has 0 saturated carbocycles.